The molecule has 26 heavy (non-hydrogen) atoms. The second kappa shape index (κ2) is 6.93. The van der Waals surface area contributed by atoms with Gasteiger partial charge in [-0.15, -0.1) is 0 Å². The van der Waals surface area contributed by atoms with Crippen LogP contribution in [0.3, 0.4) is 0 Å². The van der Waals surface area contributed by atoms with E-state index in [-0.39, 0.29) is 23.3 Å². The summed E-state index contributed by atoms with van der Waals surface area (Å²) in [4.78, 5) is 25.8. The zero-order chi connectivity index (χ0) is 18.9. The van der Waals surface area contributed by atoms with E-state index in [9.17, 15) is 9.59 Å². The molecule has 1 aliphatic heterocycles. The molecule has 3 rings (SSSR count). The van der Waals surface area contributed by atoms with Crippen LogP contribution in [0, 0.1) is 10.8 Å². The number of likely N-dealkylation sites (tertiary alicyclic amines) is 1. The maximum atomic E-state index is 12.8. The highest BCUT2D eigenvalue weighted by atomic mass is 16.5. The third-order valence-electron chi connectivity index (χ3n) is 5.49. The van der Waals surface area contributed by atoms with Crippen LogP contribution in [0.5, 0.6) is 11.5 Å². The minimum atomic E-state index is -0.00643. The van der Waals surface area contributed by atoms with Crippen molar-refractivity contribution in [2.45, 2.75) is 53.0 Å². The second-order valence-corrected chi connectivity index (χ2v) is 8.78. The summed E-state index contributed by atoms with van der Waals surface area (Å²) >= 11 is 0. The largest absolute Gasteiger partial charge is 0.490 e. The summed E-state index contributed by atoms with van der Waals surface area (Å²) in [6, 6.07) is 5.31. The van der Waals surface area contributed by atoms with Crippen LogP contribution in [0.2, 0.25) is 0 Å². The van der Waals surface area contributed by atoms with Gasteiger partial charge in [-0.1, -0.05) is 20.8 Å². The first kappa shape index (κ1) is 18.7. The average Bonchev–Trinajstić information content (AvgIpc) is 2.82. The van der Waals surface area contributed by atoms with Crippen molar-refractivity contribution in [3.63, 3.8) is 0 Å². The average molecular weight is 359 g/mol. The molecule has 1 saturated heterocycles. The molecule has 0 unspecified atom stereocenters. The van der Waals surface area contributed by atoms with Gasteiger partial charge in [-0.25, -0.2) is 0 Å². The lowest BCUT2D eigenvalue weighted by atomic mass is 9.65. The van der Waals surface area contributed by atoms with E-state index in [2.05, 4.69) is 20.8 Å². The summed E-state index contributed by atoms with van der Waals surface area (Å²) < 4.78 is 11.3. The molecular formula is C21H29NO4. The summed E-state index contributed by atoms with van der Waals surface area (Å²) in [6.07, 6.45) is 4.06. The summed E-state index contributed by atoms with van der Waals surface area (Å²) in [6.45, 7) is 10.0. The Labute approximate surface area is 155 Å². The maximum Gasteiger partial charge on any atom is 0.260 e. The Morgan fingerprint density at radius 1 is 1.23 bits per heavy atom. The van der Waals surface area contributed by atoms with Gasteiger partial charge in [0.1, 0.15) is 6.29 Å². The number of amides is 1. The quantitative estimate of drug-likeness (QED) is 0.727. The second-order valence-electron chi connectivity index (χ2n) is 8.78. The van der Waals surface area contributed by atoms with Crippen molar-refractivity contribution in [2.75, 3.05) is 19.8 Å². The molecule has 0 spiro atoms. The number of benzene rings is 1. The Hall–Kier alpha value is -2.04. The van der Waals surface area contributed by atoms with E-state index in [4.69, 9.17) is 9.47 Å². The lowest BCUT2D eigenvalue weighted by Gasteiger charge is -2.39. The van der Waals surface area contributed by atoms with Gasteiger partial charge >= 0.3 is 0 Å². The third kappa shape index (κ3) is 3.87. The van der Waals surface area contributed by atoms with Gasteiger partial charge in [0.05, 0.1) is 6.61 Å². The fraction of sp³-hybridized carbons (Fsp3) is 0.619. The van der Waals surface area contributed by atoms with E-state index in [0.717, 1.165) is 32.1 Å². The molecule has 0 N–H and O–H groups in total. The number of aldehydes is 1. The minimum absolute atomic E-state index is 0.00643. The number of fused-ring (bicyclic) bond motifs is 2. The van der Waals surface area contributed by atoms with Crippen molar-refractivity contribution in [1.29, 1.82) is 0 Å². The Morgan fingerprint density at radius 3 is 2.69 bits per heavy atom. The predicted octanol–water partition coefficient (Wildman–Crippen LogP) is 3.70. The monoisotopic (exact) mass is 359 g/mol. The van der Waals surface area contributed by atoms with E-state index >= 15 is 0 Å². The van der Waals surface area contributed by atoms with Gasteiger partial charge in [-0.3, -0.25) is 9.59 Å². The van der Waals surface area contributed by atoms with Crippen molar-refractivity contribution in [1.82, 2.24) is 4.90 Å². The molecule has 142 valence electrons. The Bertz CT molecular complexity index is 699. The molecule has 1 aromatic carbocycles. The smallest absolute Gasteiger partial charge is 0.260 e. The van der Waals surface area contributed by atoms with Gasteiger partial charge in [-0.2, -0.15) is 0 Å². The van der Waals surface area contributed by atoms with E-state index in [1.54, 1.807) is 18.2 Å². The number of hydrogen-bond donors (Lipinski definition) is 0. The minimum Gasteiger partial charge on any atom is -0.490 e. The summed E-state index contributed by atoms with van der Waals surface area (Å²) in [5.74, 6) is 1.02. The first-order chi connectivity index (χ1) is 12.3. The lowest BCUT2D eigenvalue weighted by Crippen LogP contribution is -2.40. The highest BCUT2D eigenvalue weighted by molar-refractivity contribution is 5.79. The number of hydrogen-bond acceptors (Lipinski definition) is 4. The molecule has 1 aromatic rings. The van der Waals surface area contributed by atoms with Crippen LogP contribution in [-0.2, 0) is 4.79 Å². The molecular weight excluding hydrogens is 330 g/mol. The Morgan fingerprint density at radius 2 is 2.00 bits per heavy atom. The topological polar surface area (TPSA) is 55.8 Å². The van der Waals surface area contributed by atoms with Crippen LogP contribution < -0.4 is 9.47 Å². The van der Waals surface area contributed by atoms with Crippen LogP contribution in [0.1, 0.15) is 57.3 Å². The zero-order valence-electron chi connectivity index (χ0n) is 16.2. The van der Waals surface area contributed by atoms with Gasteiger partial charge in [0.25, 0.3) is 5.91 Å². The van der Waals surface area contributed by atoms with Crippen LogP contribution in [-0.4, -0.2) is 42.9 Å². The summed E-state index contributed by atoms with van der Waals surface area (Å²) in [5.41, 5.74) is 1.01. The molecule has 0 radical (unpaired) electrons. The molecule has 1 saturated carbocycles. The zero-order valence-corrected chi connectivity index (χ0v) is 16.2. The fourth-order valence-corrected chi connectivity index (χ4v) is 4.96. The van der Waals surface area contributed by atoms with E-state index in [0.29, 0.717) is 29.7 Å². The highest BCUT2D eigenvalue weighted by Crippen LogP contribution is 2.52. The lowest BCUT2D eigenvalue weighted by molar-refractivity contribution is -0.134. The van der Waals surface area contributed by atoms with Crippen molar-refractivity contribution in [3.05, 3.63) is 23.8 Å². The number of carbonyl (C=O) groups excluding carboxylic acids is 2. The standard InChI is InChI=1S/C21H29NO4/c1-5-25-18-8-15(11-23)6-7-17(18)26-12-19(24)22-14-21(4)10-16(22)9-20(2,3)13-21/h6-8,11,16H,5,9-10,12-14H2,1-4H3/t16-,21-/m0/s1. The number of ether oxygens (including phenoxy) is 2. The normalized spacial score (nSPS) is 26.5. The van der Waals surface area contributed by atoms with Crippen molar-refractivity contribution < 1.29 is 19.1 Å². The van der Waals surface area contributed by atoms with Gasteiger partial charge in [-0.05, 0) is 55.2 Å². The number of nitrogens with zero attached hydrogens (tertiary/aromatic N) is 1. The Kier molecular flexibility index (Phi) is 5.00. The van der Waals surface area contributed by atoms with Crippen LogP contribution in [0.4, 0.5) is 0 Å². The van der Waals surface area contributed by atoms with Crippen molar-refractivity contribution in [3.8, 4) is 11.5 Å². The molecule has 2 bridgehead atoms. The number of rotatable bonds is 6. The first-order valence-electron chi connectivity index (χ1n) is 9.40. The van der Waals surface area contributed by atoms with Crippen LogP contribution in [0.25, 0.3) is 0 Å². The van der Waals surface area contributed by atoms with Crippen molar-refractivity contribution >= 4 is 12.2 Å². The van der Waals surface area contributed by atoms with E-state index in [1.165, 1.54) is 0 Å². The maximum absolute atomic E-state index is 12.8. The van der Waals surface area contributed by atoms with E-state index in [1.807, 2.05) is 11.8 Å². The molecule has 0 aromatic heterocycles. The fourth-order valence-electron chi connectivity index (χ4n) is 4.96. The van der Waals surface area contributed by atoms with Gasteiger partial charge in [0.2, 0.25) is 0 Å². The highest BCUT2D eigenvalue weighted by Gasteiger charge is 2.50. The van der Waals surface area contributed by atoms with Gasteiger partial charge in [0, 0.05) is 18.2 Å². The SMILES string of the molecule is CCOc1cc(C=O)ccc1OCC(=O)N1C[C@@]2(C)C[C@@H]1CC(C)(C)C2. The number of carbonyl (C=O) groups is 2. The molecule has 2 atom stereocenters. The third-order valence-corrected chi connectivity index (χ3v) is 5.49. The van der Waals surface area contributed by atoms with Crippen LogP contribution >= 0.6 is 0 Å². The first-order valence-corrected chi connectivity index (χ1v) is 9.40. The van der Waals surface area contributed by atoms with Crippen molar-refractivity contribution in [2.24, 2.45) is 10.8 Å². The molecule has 2 fully saturated rings. The molecule has 2 aliphatic rings. The van der Waals surface area contributed by atoms with Crippen LogP contribution in [0.15, 0.2) is 18.2 Å². The predicted molar refractivity (Wildman–Crippen MR) is 99.7 cm³/mol. The molecule has 5 heteroatoms. The molecule has 1 aliphatic carbocycles. The van der Waals surface area contributed by atoms with Gasteiger partial charge in [0.15, 0.2) is 18.1 Å². The molecule has 1 amide bonds. The summed E-state index contributed by atoms with van der Waals surface area (Å²) in [5, 5.41) is 0. The Balaban J connectivity index is 1.67. The molecule has 1 heterocycles. The molecule has 5 nitrogen and oxygen atoms in total. The van der Waals surface area contributed by atoms with E-state index < -0.39 is 0 Å². The van der Waals surface area contributed by atoms with Gasteiger partial charge < -0.3 is 14.4 Å². The summed E-state index contributed by atoms with van der Waals surface area (Å²) in [7, 11) is 0.